The first-order valence-corrected chi connectivity index (χ1v) is 6.63. The molecular weight excluding hydrogens is 290 g/mol. The zero-order chi connectivity index (χ0) is 15.9. The Kier molecular flexibility index (Phi) is 3.43. The van der Waals surface area contributed by atoms with Crippen LogP contribution in [0.1, 0.15) is 6.23 Å². The molecule has 0 aromatic carbocycles. The molecule has 2 aromatic rings. The van der Waals surface area contributed by atoms with Crippen molar-refractivity contribution in [3.05, 3.63) is 45.6 Å². The number of aromatic nitrogens is 4. The van der Waals surface area contributed by atoms with Crippen LogP contribution in [-0.2, 0) is 11.3 Å². The average molecular weight is 305 g/mol. The Balaban J connectivity index is 2.28. The van der Waals surface area contributed by atoms with Gasteiger partial charge >= 0.3 is 5.69 Å². The van der Waals surface area contributed by atoms with E-state index in [1.54, 1.807) is 12.2 Å². The molecule has 1 aliphatic rings. The summed E-state index contributed by atoms with van der Waals surface area (Å²) in [5.74, 6) is -0.0947. The van der Waals surface area contributed by atoms with E-state index in [0.29, 0.717) is 0 Å². The number of hydrogen-bond acceptors (Lipinski definition) is 6. The molecule has 0 saturated heterocycles. The molecule has 3 rings (SSSR count). The molecule has 2 atom stereocenters. The fourth-order valence-electron chi connectivity index (χ4n) is 2.47. The molecule has 0 unspecified atom stereocenters. The number of rotatable bonds is 4. The van der Waals surface area contributed by atoms with Crippen LogP contribution < -0.4 is 17.0 Å². The molecule has 0 amide bonds. The molecule has 0 aliphatic carbocycles. The zero-order valence-corrected chi connectivity index (χ0v) is 11.6. The summed E-state index contributed by atoms with van der Waals surface area (Å²) in [6, 6.07) is 0. The molecule has 0 spiro atoms. The largest absolute Gasteiger partial charge is 0.393 e. The van der Waals surface area contributed by atoms with E-state index in [1.165, 1.54) is 15.2 Å². The Morgan fingerprint density at radius 3 is 2.91 bits per heavy atom. The van der Waals surface area contributed by atoms with Crippen LogP contribution in [0, 0.1) is 0 Å². The lowest BCUT2D eigenvalue weighted by molar-refractivity contribution is -0.00807. The highest BCUT2D eigenvalue weighted by Crippen LogP contribution is 2.22. The Hall–Kier alpha value is -2.65. The smallest absolute Gasteiger partial charge is 0.333 e. The molecule has 116 valence electrons. The van der Waals surface area contributed by atoms with Crippen molar-refractivity contribution in [1.82, 2.24) is 19.1 Å². The molecule has 0 radical (unpaired) electrons. The van der Waals surface area contributed by atoms with Crippen molar-refractivity contribution in [1.29, 1.82) is 0 Å². The number of imidazole rings is 1. The minimum atomic E-state index is -0.757. The van der Waals surface area contributed by atoms with Crippen molar-refractivity contribution in [2.24, 2.45) is 0 Å². The number of anilines is 1. The van der Waals surface area contributed by atoms with Gasteiger partial charge in [0, 0.05) is 6.54 Å². The van der Waals surface area contributed by atoms with Gasteiger partial charge < -0.3 is 15.6 Å². The fourth-order valence-corrected chi connectivity index (χ4v) is 2.47. The van der Waals surface area contributed by atoms with Crippen molar-refractivity contribution < 1.29 is 9.84 Å². The molecule has 2 aromatic heterocycles. The van der Waals surface area contributed by atoms with E-state index in [4.69, 9.17) is 15.6 Å². The number of H-pyrrole nitrogens is 1. The second-order valence-electron chi connectivity index (χ2n) is 4.81. The third kappa shape index (κ3) is 2.07. The van der Waals surface area contributed by atoms with Gasteiger partial charge in [0.25, 0.3) is 5.56 Å². The summed E-state index contributed by atoms with van der Waals surface area (Å²) in [6.07, 6.45) is 3.51. The molecule has 3 heterocycles. The van der Waals surface area contributed by atoms with Crippen molar-refractivity contribution >= 4 is 17.1 Å². The third-order valence-corrected chi connectivity index (χ3v) is 3.38. The third-order valence-electron chi connectivity index (χ3n) is 3.38. The number of nitrogens with zero attached hydrogens (tertiary/aromatic N) is 3. The van der Waals surface area contributed by atoms with Crippen LogP contribution >= 0.6 is 0 Å². The number of hydrogen-bond donors (Lipinski definition) is 3. The summed E-state index contributed by atoms with van der Waals surface area (Å²) >= 11 is 0. The van der Waals surface area contributed by atoms with E-state index < -0.39 is 23.6 Å². The average Bonchev–Trinajstić information content (AvgIpc) is 3.03. The number of nitrogens with two attached hydrogens (primary N) is 1. The maximum Gasteiger partial charge on any atom is 0.333 e. The fraction of sp³-hybridized carbons (Fsp3) is 0.308. The highest BCUT2D eigenvalue weighted by Gasteiger charge is 2.27. The van der Waals surface area contributed by atoms with Gasteiger partial charge in [-0.25, -0.2) is 9.36 Å². The number of nitrogens with one attached hydrogen (secondary N) is 1. The Morgan fingerprint density at radius 2 is 2.27 bits per heavy atom. The van der Waals surface area contributed by atoms with Gasteiger partial charge in [-0.3, -0.25) is 14.3 Å². The minimum Gasteiger partial charge on any atom is -0.393 e. The van der Waals surface area contributed by atoms with E-state index in [1.807, 2.05) is 0 Å². The number of aliphatic hydroxyl groups is 1. The van der Waals surface area contributed by atoms with E-state index in [9.17, 15) is 9.59 Å². The van der Waals surface area contributed by atoms with E-state index in [-0.39, 0.29) is 30.3 Å². The molecule has 0 bridgehead atoms. The maximum atomic E-state index is 12.6. The number of nitrogen functional groups attached to an aromatic ring is 1. The second-order valence-corrected chi connectivity index (χ2v) is 4.81. The molecule has 9 nitrogen and oxygen atoms in total. The SMILES string of the molecule is C=CCn1c(=O)n([C@H]2C=C[C@@H](CO)O2)c2nc(N)[nH]c(=O)c21. The van der Waals surface area contributed by atoms with Gasteiger partial charge in [0.15, 0.2) is 17.4 Å². The zero-order valence-electron chi connectivity index (χ0n) is 11.6. The van der Waals surface area contributed by atoms with Gasteiger partial charge in [-0.1, -0.05) is 12.2 Å². The first-order valence-electron chi connectivity index (χ1n) is 6.63. The molecule has 1 aliphatic heterocycles. The summed E-state index contributed by atoms with van der Waals surface area (Å²) < 4.78 is 8.01. The first kappa shape index (κ1) is 14.3. The topological polar surface area (TPSA) is 128 Å². The van der Waals surface area contributed by atoms with Gasteiger partial charge in [-0.05, 0) is 6.08 Å². The van der Waals surface area contributed by atoms with Gasteiger partial charge in [0.05, 0.1) is 6.61 Å². The monoisotopic (exact) mass is 305 g/mol. The van der Waals surface area contributed by atoms with Crippen LogP contribution in [0.2, 0.25) is 0 Å². The van der Waals surface area contributed by atoms with E-state index in [2.05, 4.69) is 16.5 Å². The van der Waals surface area contributed by atoms with E-state index in [0.717, 1.165) is 0 Å². The van der Waals surface area contributed by atoms with Crippen LogP contribution in [0.3, 0.4) is 0 Å². The second kappa shape index (κ2) is 5.28. The van der Waals surface area contributed by atoms with E-state index >= 15 is 0 Å². The molecular formula is C13H15N5O4. The van der Waals surface area contributed by atoms with Gasteiger partial charge in [0.1, 0.15) is 6.10 Å². The molecule has 9 heteroatoms. The summed E-state index contributed by atoms with van der Waals surface area (Å²) in [5.41, 5.74) is 4.82. The predicted octanol–water partition coefficient (Wildman–Crippen LogP) is -0.900. The van der Waals surface area contributed by atoms with Crippen LogP contribution in [0.5, 0.6) is 0 Å². The van der Waals surface area contributed by atoms with Gasteiger partial charge in [-0.2, -0.15) is 4.98 Å². The summed E-state index contributed by atoms with van der Waals surface area (Å²) in [7, 11) is 0. The maximum absolute atomic E-state index is 12.6. The Bertz CT molecular complexity index is 875. The van der Waals surface area contributed by atoms with Crippen LogP contribution in [0.15, 0.2) is 34.4 Å². The summed E-state index contributed by atoms with van der Waals surface area (Å²) in [4.78, 5) is 31.1. The summed E-state index contributed by atoms with van der Waals surface area (Å²) in [5, 5.41) is 9.12. The highest BCUT2D eigenvalue weighted by atomic mass is 16.5. The Morgan fingerprint density at radius 1 is 1.50 bits per heavy atom. The molecule has 4 N–H and O–H groups in total. The first-order chi connectivity index (χ1) is 10.6. The number of aliphatic hydroxyl groups excluding tert-OH is 1. The van der Waals surface area contributed by atoms with Crippen molar-refractivity contribution in [2.75, 3.05) is 12.3 Å². The minimum absolute atomic E-state index is 0.0947. The quantitative estimate of drug-likeness (QED) is 0.628. The van der Waals surface area contributed by atoms with Gasteiger partial charge in [0.2, 0.25) is 5.95 Å². The lowest BCUT2D eigenvalue weighted by Gasteiger charge is -2.13. The number of aromatic amines is 1. The highest BCUT2D eigenvalue weighted by molar-refractivity contribution is 5.72. The molecule has 0 fully saturated rings. The number of allylic oxidation sites excluding steroid dienone is 1. The molecule has 22 heavy (non-hydrogen) atoms. The lowest BCUT2D eigenvalue weighted by Crippen LogP contribution is -2.28. The van der Waals surface area contributed by atoms with Crippen molar-refractivity contribution in [3.63, 3.8) is 0 Å². The number of ether oxygens (including phenoxy) is 1. The number of fused-ring (bicyclic) bond motifs is 1. The van der Waals surface area contributed by atoms with Crippen LogP contribution in [0.25, 0.3) is 11.2 Å². The molecule has 0 saturated carbocycles. The standard InChI is InChI=1S/C13H15N5O4/c1-2-5-17-9-10(15-12(14)16-11(9)20)18(13(17)21)8-4-3-7(6-19)22-8/h2-4,7-8,19H,1,5-6H2,(H3,14,15,16,20)/t7-,8+/m0/s1. The summed E-state index contributed by atoms with van der Waals surface area (Å²) in [6.45, 7) is 3.52. The Labute approximate surface area is 124 Å². The van der Waals surface area contributed by atoms with Gasteiger partial charge in [-0.15, -0.1) is 6.58 Å². The lowest BCUT2D eigenvalue weighted by atomic mass is 10.4. The van der Waals surface area contributed by atoms with Crippen molar-refractivity contribution in [2.45, 2.75) is 18.9 Å². The van der Waals surface area contributed by atoms with Crippen LogP contribution in [0.4, 0.5) is 5.95 Å². The normalized spacial score (nSPS) is 20.8. The van der Waals surface area contributed by atoms with Crippen LogP contribution in [-0.4, -0.2) is 36.9 Å². The predicted molar refractivity (Wildman–Crippen MR) is 79.4 cm³/mol. The van der Waals surface area contributed by atoms with Crippen molar-refractivity contribution in [3.8, 4) is 0 Å².